The molecule has 14 heavy (non-hydrogen) atoms. The summed E-state index contributed by atoms with van der Waals surface area (Å²) in [5.74, 6) is 0.866. The molecule has 1 N–H and O–H groups in total. The fraction of sp³-hybridized carbons (Fsp3) is 0.636. The van der Waals surface area contributed by atoms with Crippen molar-refractivity contribution in [3.05, 3.63) is 22.4 Å². The Bertz CT molecular complexity index is 256. The Morgan fingerprint density at radius 3 is 3.07 bits per heavy atom. The number of methoxy groups -OCH3 is 1. The zero-order chi connectivity index (χ0) is 9.80. The summed E-state index contributed by atoms with van der Waals surface area (Å²) in [6.07, 6.45) is 2.76. The zero-order valence-electron chi connectivity index (χ0n) is 8.53. The quantitative estimate of drug-likeness (QED) is 0.730. The van der Waals surface area contributed by atoms with E-state index in [0.29, 0.717) is 6.04 Å². The van der Waals surface area contributed by atoms with Gasteiger partial charge in [0.1, 0.15) is 0 Å². The number of rotatable bonds is 6. The van der Waals surface area contributed by atoms with Gasteiger partial charge in [-0.3, -0.25) is 0 Å². The minimum Gasteiger partial charge on any atom is -0.383 e. The molecule has 78 valence electrons. The van der Waals surface area contributed by atoms with Crippen molar-refractivity contribution < 1.29 is 4.74 Å². The van der Waals surface area contributed by atoms with E-state index in [1.165, 1.54) is 17.7 Å². The van der Waals surface area contributed by atoms with Crippen LogP contribution in [0.2, 0.25) is 0 Å². The number of hydrogen-bond donors (Lipinski definition) is 1. The Balaban J connectivity index is 1.88. The van der Waals surface area contributed by atoms with E-state index < -0.39 is 0 Å². The van der Waals surface area contributed by atoms with Crippen molar-refractivity contribution >= 4 is 11.3 Å². The van der Waals surface area contributed by atoms with E-state index in [4.69, 9.17) is 4.74 Å². The topological polar surface area (TPSA) is 21.3 Å². The lowest BCUT2D eigenvalue weighted by atomic mass is 10.1. The number of nitrogens with one attached hydrogen (secondary N) is 1. The SMILES string of the molecule is COCCNC(c1cccs1)C1CC1. The highest BCUT2D eigenvalue weighted by Crippen LogP contribution is 2.42. The van der Waals surface area contributed by atoms with E-state index in [0.717, 1.165) is 19.1 Å². The molecule has 1 fully saturated rings. The molecular formula is C11H17NOS. The zero-order valence-corrected chi connectivity index (χ0v) is 9.35. The Morgan fingerprint density at radius 1 is 1.64 bits per heavy atom. The monoisotopic (exact) mass is 211 g/mol. The Hall–Kier alpha value is -0.380. The minimum absolute atomic E-state index is 0.574. The minimum atomic E-state index is 0.574. The molecule has 1 unspecified atom stereocenters. The molecule has 1 aromatic rings. The molecule has 1 atom stereocenters. The molecule has 3 heteroatoms. The third-order valence-electron chi connectivity index (χ3n) is 2.61. The van der Waals surface area contributed by atoms with Crippen LogP contribution >= 0.6 is 11.3 Å². The maximum absolute atomic E-state index is 5.05. The first-order valence-corrected chi connectivity index (χ1v) is 6.05. The maximum atomic E-state index is 5.05. The Kier molecular flexibility index (Phi) is 3.56. The molecule has 0 radical (unpaired) electrons. The Morgan fingerprint density at radius 2 is 2.50 bits per heavy atom. The van der Waals surface area contributed by atoms with Crippen LogP contribution in [-0.2, 0) is 4.74 Å². The molecular weight excluding hydrogens is 194 g/mol. The van der Waals surface area contributed by atoms with Gasteiger partial charge in [0.05, 0.1) is 6.61 Å². The fourth-order valence-corrected chi connectivity index (χ4v) is 2.61. The first-order valence-electron chi connectivity index (χ1n) is 5.17. The van der Waals surface area contributed by atoms with Gasteiger partial charge >= 0.3 is 0 Å². The third kappa shape index (κ3) is 2.56. The van der Waals surface area contributed by atoms with Crippen molar-refractivity contribution in [2.24, 2.45) is 5.92 Å². The van der Waals surface area contributed by atoms with E-state index in [-0.39, 0.29) is 0 Å². The fourth-order valence-electron chi connectivity index (χ4n) is 1.71. The first-order chi connectivity index (χ1) is 6.92. The lowest BCUT2D eigenvalue weighted by molar-refractivity contribution is 0.194. The van der Waals surface area contributed by atoms with Crippen LogP contribution in [0.25, 0.3) is 0 Å². The molecule has 0 bridgehead atoms. The normalized spacial score (nSPS) is 18.4. The van der Waals surface area contributed by atoms with Crippen LogP contribution in [0.1, 0.15) is 23.8 Å². The molecule has 0 amide bonds. The summed E-state index contributed by atoms with van der Waals surface area (Å²) in [5.41, 5.74) is 0. The molecule has 1 aromatic heterocycles. The summed E-state index contributed by atoms with van der Waals surface area (Å²) in [4.78, 5) is 1.48. The van der Waals surface area contributed by atoms with E-state index in [1.54, 1.807) is 7.11 Å². The average Bonchev–Trinajstić information content (AvgIpc) is 2.88. The van der Waals surface area contributed by atoms with Crippen molar-refractivity contribution in [3.63, 3.8) is 0 Å². The van der Waals surface area contributed by atoms with Crippen LogP contribution in [0.3, 0.4) is 0 Å². The predicted octanol–water partition coefficient (Wildman–Crippen LogP) is 2.44. The molecule has 1 saturated carbocycles. The summed E-state index contributed by atoms with van der Waals surface area (Å²) in [7, 11) is 1.75. The molecule has 0 spiro atoms. The predicted molar refractivity (Wildman–Crippen MR) is 59.7 cm³/mol. The van der Waals surface area contributed by atoms with Gasteiger partial charge in [0.25, 0.3) is 0 Å². The highest BCUT2D eigenvalue weighted by atomic mass is 32.1. The van der Waals surface area contributed by atoms with Crippen LogP contribution < -0.4 is 5.32 Å². The van der Waals surface area contributed by atoms with Gasteiger partial charge in [-0.2, -0.15) is 0 Å². The summed E-state index contributed by atoms with van der Waals surface area (Å²) in [6.45, 7) is 1.75. The number of thiophene rings is 1. The second kappa shape index (κ2) is 4.91. The second-order valence-corrected chi connectivity index (χ2v) is 4.76. The number of hydrogen-bond acceptors (Lipinski definition) is 3. The van der Waals surface area contributed by atoms with Crippen LogP contribution in [0.4, 0.5) is 0 Å². The summed E-state index contributed by atoms with van der Waals surface area (Å²) >= 11 is 1.85. The van der Waals surface area contributed by atoms with Crippen LogP contribution in [-0.4, -0.2) is 20.3 Å². The molecule has 0 aliphatic heterocycles. The average molecular weight is 211 g/mol. The van der Waals surface area contributed by atoms with Crippen molar-refractivity contribution in [2.75, 3.05) is 20.3 Å². The molecule has 1 aliphatic carbocycles. The van der Waals surface area contributed by atoms with Crippen molar-refractivity contribution in [1.82, 2.24) is 5.32 Å². The highest BCUT2D eigenvalue weighted by Gasteiger charge is 2.32. The van der Waals surface area contributed by atoms with Gasteiger partial charge in [0.15, 0.2) is 0 Å². The van der Waals surface area contributed by atoms with Gasteiger partial charge in [0, 0.05) is 24.6 Å². The first kappa shape index (κ1) is 10.1. The highest BCUT2D eigenvalue weighted by molar-refractivity contribution is 7.10. The van der Waals surface area contributed by atoms with Crippen molar-refractivity contribution in [2.45, 2.75) is 18.9 Å². The molecule has 2 rings (SSSR count). The van der Waals surface area contributed by atoms with E-state index in [1.807, 2.05) is 11.3 Å². The summed E-state index contributed by atoms with van der Waals surface area (Å²) in [5, 5.41) is 5.73. The van der Waals surface area contributed by atoms with Gasteiger partial charge in [-0.1, -0.05) is 6.07 Å². The summed E-state index contributed by atoms with van der Waals surface area (Å²) < 4.78 is 5.05. The molecule has 0 saturated heterocycles. The molecule has 2 nitrogen and oxygen atoms in total. The van der Waals surface area contributed by atoms with Gasteiger partial charge in [-0.15, -0.1) is 11.3 Å². The van der Waals surface area contributed by atoms with Crippen molar-refractivity contribution in [3.8, 4) is 0 Å². The number of ether oxygens (including phenoxy) is 1. The van der Waals surface area contributed by atoms with Gasteiger partial charge in [-0.25, -0.2) is 0 Å². The van der Waals surface area contributed by atoms with Crippen LogP contribution in [0, 0.1) is 5.92 Å². The molecule has 1 heterocycles. The van der Waals surface area contributed by atoms with E-state index in [9.17, 15) is 0 Å². The van der Waals surface area contributed by atoms with E-state index >= 15 is 0 Å². The molecule has 1 aliphatic rings. The maximum Gasteiger partial charge on any atom is 0.0587 e. The third-order valence-corrected chi connectivity index (χ3v) is 3.57. The standard InChI is InChI=1S/C11H17NOS/c1-13-7-6-12-11(9-4-5-9)10-3-2-8-14-10/h2-3,8-9,11-12H,4-7H2,1H3. The van der Waals surface area contributed by atoms with Gasteiger partial charge in [-0.05, 0) is 30.2 Å². The van der Waals surface area contributed by atoms with Crippen LogP contribution in [0.5, 0.6) is 0 Å². The second-order valence-electron chi connectivity index (χ2n) is 3.78. The van der Waals surface area contributed by atoms with Crippen molar-refractivity contribution in [1.29, 1.82) is 0 Å². The lowest BCUT2D eigenvalue weighted by Crippen LogP contribution is -2.25. The van der Waals surface area contributed by atoms with Gasteiger partial charge < -0.3 is 10.1 Å². The van der Waals surface area contributed by atoms with Gasteiger partial charge in [0.2, 0.25) is 0 Å². The van der Waals surface area contributed by atoms with Crippen LogP contribution in [0.15, 0.2) is 17.5 Å². The largest absolute Gasteiger partial charge is 0.383 e. The smallest absolute Gasteiger partial charge is 0.0587 e. The summed E-state index contributed by atoms with van der Waals surface area (Å²) in [6, 6.07) is 4.94. The Labute approximate surface area is 89.3 Å². The molecule has 0 aromatic carbocycles. The van der Waals surface area contributed by atoms with E-state index in [2.05, 4.69) is 22.8 Å². The lowest BCUT2D eigenvalue weighted by Gasteiger charge is -2.16.